The highest BCUT2D eigenvalue weighted by Crippen LogP contribution is 2.24. The predicted molar refractivity (Wildman–Crippen MR) is 102 cm³/mol. The molecular formula is C19H19N5O2. The second-order valence-electron chi connectivity index (χ2n) is 5.80. The Bertz CT molecular complexity index is 967. The van der Waals surface area contributed by atoms with Crippen LogP contribution in [0.1, 0.15) is 22.1 Å². The summed E-state index contributed by atoms with van der Waals surface area (Å²) in [4.78, 5) is 12.3. The van der Waals surface area contributed by atoms with Crippen molar-refractivity contribution in [3.63, 3.8) is 0 Å². The number of anilines is 1. The summed E-state index contributed by atoms with van der Waals surface area (Å²) in [5.41, 5.74) is 18.5. The molecule has 0 unspecified atom stereocenters. The van der Waals surface area contributed by atoms with Crippen LogP contribution in [-0.4, -0.2) is 11.9 Å². The smallest absolute Gasteiger partial charge is 0.343 e. The number of rotatable bonds is 4. The van der Waals surface area contributed by atoms with Crippen LogP contribution in [0.3, 0.4) is 0 Å². The van der Waals surface area contributed by atoms with Crippen LogP contribution in [0, 0.1) is 5.41 Å². The lowest BCUT2D eigenvalue weighted by Gasteiger charge is -2.09. The Morgan fingerprint density at radius 2 is 1.62 bits per heavy atom. The molecule has 3 rings (SSSR count). The summed E-state index contributed by atoms with van der Waals surface area (Å²) < 4.78 is 5.43. The normalized spacial score (nSPS) is 10.7. The fourth-order valence-electron chi connectivity index (χ4n) is 2.52. The molecule has 132 valence electrons. The molecule has 0 aromatic heterocycles. The van der Waals surface area contributed by atoms with Gasteiger partial charge >= 0.3 is 5.97 Å². The van der Waals surface area contributed by atoms with Gasteiger partial charge in [0.15, 0.2) is 5.96 Å². The zero-order valence-electron chi connectivity index (χ0n) is 13.9. The van der Waals surface area contributed by atoms with Crippen LogP contribution in [0.5, 0.6) is 5.75 Å². The van der Waals surface area contributed by atoms with Crippen molar-refractivity contribution in [1.29, 1.82) is 5.41 Å². The SMILES string of the molecule is N=C(N)Nc1ccc(C(=O)Oc2ccc3cc(C(N)N)ccc3c2)cc1. The highest BCUT2D eigenvalue weighted by molar-refractivity contribution is 5.94. The maximum absolute atomic E-state index is 12.3. The molecule has 0 amide bonds. The van der Waals surface area contributed by atoms with Crippen LogP contribution in [0.15, 0.2) is 60.7 Å². The van der Waals surface area contributed by atoms with Gasteiger partial charge in [0.1, 0.15) is 5.75 Å². The fraction of sp³-hybridized carbons (Fsp3) is 0.0526. The van der Waals surface area contributed by atoms with Gasteiger partial charge < -0.3 is 27.3 Å². The molecule has 7 nitrogen and oxygen atoms in total. The van der Waals surface area contributed by atoms with Gasteiger partial charge in [-0.25, -0.2) is 4.79 Å². The van der Waals surface area contributed by atoms with E-state index in [1.807, 2.05) is 24.3 Å². The first-order chi connectivity index (χ1) is 12.4. The van der Waals surface area contributed by atoms with E-state index in [9.17, 15) is 4.79 Å². The first-order valence-corrected chi connectivity index (χ1v) is 7.90. The summed E-state index contributed by atoms with van der Waals surface area (Å²) in [5, 5.41) is 11.7. The largest absolute Gasteiger partial charge is 0.423 e. The number of carbonyl (C=O) groups excluding carboxylic acids is 1. The van der Waals surface area contributed by atoms with Crippen LogP contribution < -0.4 is 27.3 Å². The van der Waals surface area contributed by atoms with Gasteiger partial charge in [-0.3, -0.25) is 5.41 Å². The molecule has 0 heterocycles. The quantitative estimate of drug-likeness (QED) is 0.161. The number of guanidine groups is 1. The summed E-state index contributed by atoms with van der Waals surface area (Å²) in [6, 6.07) is 17.5. The number of ether oxygens (including phenoxy) is 1. The Morgan fingerprint density at radius 3 is 2.27 bits per heavy atom. The summed E-state index contributed by atoms with van der Waals surface area (Å²) in [6.07, 6.45) is -0.530. The minimum Gasteiger partial charge on any atom is -0.423 e. The maximum Gasteiger partial charge on any atom is 0.343 e. The van der Waals surface area contributed by atoms with Gasteiger partial charge in [0.2, 0.25) is 0 Å². The van der Waals surface area contributed by atoms with E-state index in [1.54, 1.807) is 36.4 Å². The zero-order valence-corrected chi connectivity index (χ0v) is 13.9. The Labute approximate surface area is 150 Å². The number of esters is 1. The molecule has 0 aliphatic heterocycles. The third-order valence-corrected chi connectivity index (χ3v) is 3.83. The molecule has 26 heavy (non-hydrogen) atoms. The molecule has 0 aliphatic carbocycles. The summed E-state index contributed by atoms with van der Waals surface area (Å²) in [7, 11) is 0. The Hall–Kier alpha value is -3.42. The molecule has 0 aliphatic rings. The van der Waals surface area contributed by atoms with Crippen LogP contribution in [0.25, 0.3) is 10.8 Å². The highest BCUT2D eigenvalue weighted by atomic mass is 16.5. The number of hydrogen-bond acceptors (Lipinski definition) is 5. The number of nitrogens with two attached hydrogens (primary N) is 3. The van der Waals surface area contributed by atoms with E-state index >= 15 is 0 Å². The van der Waals surface area contributed by atoms with Crippen molar-refractivity contribution < 1.29 is 9.53 Å². The van der Waals surface area contributed by atoms with Crippen molar-refractivity contribution >= 4 is 28.4 Å². The first kappa shape index (κ1) is 17.4. The van der Waals surface area contributed by atoms with Crippen molar-refractivity contribution in [1.82, 2.24) is 0 Å². The van der Waals surface area contributed by atoms with E-state index < -0.39 is 12.1 Å². The third kappa shape index (κ3) is 3.97. The minimum atomic E-state index is -0.530. The molecular weight excluding hydrogens is 330 g/mol. The topological polar surface area (TPSA) is 140 Å². The van der Waals surface area contributed by atoms with Crippen molar-refractivity contribution in [2.24, 2.45) is 17.2 Å². The lowest BCUT2D eigenvalue weighted by molar-refractivity contribution is 0.0735. The summed E-state index contributed by atoms with van der Waals surface area (Å²) in [5.74, 6) is -0.201. The van der Waals surface area contributed by atoms with Crippen LogP contribution >= 0.6 is 0 Å². The van der Waals surface area contributed by atoms with Crippen LogP contribution in [0.2, 0.25) is 0 Å². The maximum atomic E-state index is 12.3. The Kier molecular flexibility index (Phi) is 4.83. The van der Waals surface area contributed by atoms with E-state index in [0.29, 0.717) is 17.0 Å². The number of nitrogens with one attached hydrogen (secondary N) is 2. The lowest BCUT2D eigenvalue weighted by Crippen LogP contribution is -2.20. The molecule has 3 aromatic carbocycles. The van der Waals surface area contributed by atoms with Gasteiger partial charge in [0.05, 0.1) is 11.7 Å². The van der Waals surface area contributed by atoms with E-state index in [1.165, 1.54) is 0 Å². The van der Waals surface area contributed by atoms with Crippen LogP contribution in [-0.2, 0) is 0 Å². The number of benzene rings is 3. The van der Waals surface area contributed by atoms with Gasteiger partial charge in [-0.1, -0.05) is 18.2 Å². The molecule has 8 N–H and O–H groups in total. The van der Waals surface area contributed by atoms with E-state index in [4.69, 9.17) is 27.3 Å². The molecule has 0 atom stereocenters. The number of carbonyl (C=O) groups is 1. The van der Waals surface area contributed by atoms with Gasteiger partial charge in [0, 0.05) is 5.69 Å². The molecule has 0 bridgehead atoms. The van der Waals surface area contributed by atoms with Gasteiger partial charge in [-0.15, -0.1) is 0 Å². The first-order valence-electron chi connectivity index (χ1n) is 7.90. The highest BCUT2D eigenvalue weighted by Gasteiger charge is 2.10. The summed E-state index contributed by atoms with van der Waals surface area (Å²) >= 11 is 0. The standard InChI is InChI=1S/C19H19N5O2/c20-17(21)14-2-1-13-10-16(8-5-12(13)9-14)26-18(25)11-3-6-15(7-4-11)24-19(22)23/h1-10,17H,20-21H2,(H4,22,23,24). The fourth-order valence-corrected chi connectivity index (χ4v) is 2.52. The summed E-state index contributed by atoms with van der Waals surface area (Å²) in [6.45, 7) is 0. The van der Waals surface area contributed by atoms with E-state index in [2.05, 4.69) is 5.32 Å². The minimum absolute atomic E-state index is 0.171. The van der Waals surface area contributed by atoms with Crippen LogP contribution in [0.4, 0.5) is 5.69 Å². The lowest BCUT2D eigenvalue weighted by atomic mass is 10.1. The molecule has 0 radical (unpaired) electrons. The molecule has 0 saturated heterocycles. The monoisotopic (exact) mass is 349 g/mol. The number of hydrogen-bond donors (Lipinski definition) is 5. The second-order valence-corrected chi connectivity index (χ2v) is 5.80. The average Bonchev–Trinajstić information content (AvgIpc) is 2.61. The predicted octanol–water partition coefficient (Wildman–Crippen LogP) is 2.28. The van der Waals surface area contributed by atoms with Gasteiger partial charge in [-0.05, 0) is 58.8 Å². The van der Waals surface area contributed by atoms with Crippen molar-refractivity contribution in [2.45, 2.75) is 6.17 Å². The Balaban J connectivity index is 1.76. The second kappa shape index (κ2) is 7.22. The van der Waals surface area contributed by atoms with Gasteiger partial charge in [-0.2, -0.15) is 0 Å². The van der Waals surface area contributed by atoms with Gasteiger partial charge in [0.25, 0.3) is 0 Å². The van der Waals surface area contributed by atoms with E-state index in [-0.39, 0.29) is 5.96 Å². The molecule has 7 heteroatoms. The van der Waals surface area contributed by atoms with Crippen molar-refractivity contribution in [3.05, 3.63) is 71.8 Å². The Morgan fingerprint density at radius 1 is 0.962 bits per heavy atom. The zero-order chi connectivity index (χ0) is 18.7. The van der Waals surface area contributed by atoms with Crippen molar-refractivity contribution in [2.75, 3.05) is 5.32 Å². The number of fused-ring (bicyclic) bond motifs is 1. The molecule has 0 saturated carbocycles. The van der Waals surface area contributed by atoms with E-state index in [0.717, 1.165) is 16.3 Å². The third-order valence-electron chi connectivity index (χ3n) is 3.83. The molecule has 3 aromatic rings. The molecule has 0 spiro atoms. The molecule has 0 fully saturated rings. The average molecular weight is 349 g/mol. The van der Waals surface area contributed by atoms with Crippen molar-refractivity contribution in [3.8, 4) is 5.75 Å².